The average molecular weight is 269 g/mol. The predicted octanol–water partition coefficient (Wildman–Crippen LogP) is 4.79. The summed E-state index contributed by atoms with van der Waals surface area (Å²) in [5.41, 5.74) is 1.74. The monoisotopic (exact) mass is 268 g/mol. The molecule has 2 heteroatoms. The molecule has 0 heterocycles. The van der Waals surface area contributed by atoms with Crippen molar-refractivity contribution in [2.45, 2.75) is 0 Å². The first-order valence-corrected chi connectivity index (χ1v) is 6.33. The van der Waals surface area contributed by atoms with Crippen molar-refractivity contribution in [1.82, 2.24) is 0 Å². The largest absolute Gasteiger partial charge is 0.289 e. The van der Waals surface area contributed by atoms with Crippen LogP contribution in [0, 0.1) is 0 Å². The minimum atomic E-state index is -0.0330. The van der Waals surface area contributed by atoms with E-state index in [0.717, 1.165) is 5.56 Å². The van der Waals surface area contributed by atoms with E-state index in [1.54, 1.807) is 36.4 Å². The van der Waals surface area contributed by atoms with Gasteiger partial charge in [0.15, 0.2) is 5.78 Å². The molecule has 2 rings (SSSR count). The van der Waals surface area contributed by atoms with Gasteiger partial charge >= 0.3 is 0 Å². The van der Waals surface area contributed by atoms with Gasteiger partial charge in [0.1, 0.15) is 0 Å². The summed E-state index contributed by atoms with van der Waals surface area (Å²) in [6.45, 7) is 0. The van der Waals surface area contributed by atoms with Crippen molar-refractivity contribution in [3.05, 3.63) is 89.0 Å². The maximum atomic E-state index is 11.8. The lowest BCUT2D eigenvalue weighted by Gasteiger charge is -1.94. The maximum absolute atomic E-state index is 11.8. The second-order valence-electron chi connectivity index (χ2n) is 4.00. The van der Waals surface area contributed by atoms with Crippen molar-refractivity contribution in [3.63, 3.8) is 0 Å². The average Bonchev–Trinajstić information content (AvgIpc) is 2.45. The van der Waals surface area contributed by atoms with E-state index < -0.39 is 0 Å². The number of halogens is 1. The van der Waals surface area contributed by atoms with E-state index in [9.17, 15) is 4.79 Å². The van der Waals surface area contributed by atoms with Gasteiger partial charge in [0.2, 0.25) is 0 Å². The SMILES string of the molecule is O=C(/C=C\C=C/c1ccccc1)c1ccc(Cl)cc1. The topological polar surface area (TPSA) is 17.1 Å². The van der Waals surface area contributed by atoms with Crippen molar-refractivity contribution < 1.29 is 4.79 Å². The van der Waals surface area contributed by atoms with Crippen LogP contribution in [-0.4, -0.2) is 5.78 Å². The summed E-state index contributed by atoms with van der Waals surface area (Å²) in [7, 11) is 0. The summed E-state index contributed by atoms with van der Waals surface area (Å²) in [6, 6.07) is 16.8. The first-order valence-electron chi connectivity index (χ1n) is 5.95. The van der Waals surface area contributed by atoms with Crippen LogP contribution in [0.25, 0.3) is 6.08 Å². The molecule has 0 unspecified atom stereocenters. The Morgan fingerprint density at radius 2 is 1.58 bits per heavy atom. The lowest BCUT2D eigenvalue weighted by molar-refractivity contribution is 0.104. The fraction of sp³-hybridized carbons (Fsp3) is 0. The van der Waals surface area contributed by atoms with Gasteiger partial charge in [-0.3, -0.25) is 4.79 Å². The van der Waals surface area contributed by atoms with E-state index in [1.165, 1.54) is 0 Å². The van der Waals surface area contributed by atoms with E-state index in [4.69, 9.17) is 11.6 Å². The summed E-state index contributed by atoms with van der Waals surface area (Å²) in [5, 5.41) is 0.629. The van der Waals surface area contributed by atoms with Crippen molar-refractivity contribution in [2.24, 2.45) is 0 Å². The molecule has 0 atom stereocenters. The van der Waals surface area contributed by atoms with Crippen LogP contribution < -0.4 is 0 Å². The fourth-order valence-electron chi connectivity index (χ4n) is 1.58. The van der Waals surface area contributed by atoms with Gasteiger partial charge in [-0.2, -0.15) is 0 Å². The molecule has 2 aromatic rings. The van der Waals surface area contributed by atoms with E-state index in [1.807, 2.05) is 42.5 Å². The highest BCUT2D eigenvalue weighted by atomic mass is 35.5. The van der Waals surface area contributed by atoms with Crippen LogP contribution in [0.5, 0.6) is 0 Å². The summed E-state index contributed by atoms with van der Waals surface area (Å²) >= 11 is 5.77. The van der Waals surface area contributed by atoms with Gasteiger partial charge < -0.3 is 0 Å². The zero-order chi connectivity index (χ0) is 13.5. The van der Waals surface area contributed by atoms with Gasteiger partial charge in [0.25, 0.3) is 0 Å². The Morgan fingerprint density at radius 1 is 0.895 bits per heavy atom. The van der Waals surface area contributed by atoms with Crippen LogP contribution in [0.1, 0.15) is 15.9 Å². The standard InChI is InChI=1S/C17H13ClO/c18-16-12-10-15(11-13-16)17(19)9-5-4-8-14-6-2-1-3-7-14/h1-13H/b8-4-,9-5-. The van der Waals surface area contributed by atoms with Crippen LogP contribution in [0.15, 0.2) is 72.8 Å². The fourth-order valence-corrected chi connectivity index (χ4v) is 1.71. The molecule has 0 radical (unpaired) electrons. The second kappa shape index (κ2) is 6.72. The number of hydrogen-bond acceptors (Lipinski definition) is 1. The third-order valence-electron chi connectivity index (χ3n) is 2.58. The molecule has 19 heavy (non-hydrogen) atoms. The molecule has 0 aliphatic rings. The predicted molar refractivity (Wildman–Crippen MR) is 80.4 cm³/mol. The molecule has 0 aliphatic heterocycles. The van der Waals surface area contributed by atoms with Crippen LogP contribution >= 0.6 is 11.6 Å². The highest BCUT2D eigenvalue weighted by Gasteiger charge is 1.99. The van der Waals surface area contributed by atoms with Gasteiger partial charge in [-0.05, 0) is 35.9 Å². The minimum Gasteiger partial charge on any atom is -0.289 e. The van der Waals surface area contributed by atoms with E-state index in [0.29, 0.717) is 10.6 Å². The first kappa shape index (κ1) is 13.3. The molecule has 0 amide bonds. The van der Waals surface area contributed by atoms with Crippen LogP contribution in [0.4, 0.5) is 0 Å². The van der Waals surface area contributed by atoms with E-state index in [2.05, 4.69) is 0 Å². The van der Waals surface area contributed by atoms with Gasteiger partial charge in [-0.25, -0.2) is 0 Å². The molecule has 0 fully saturated rings. The molecule has 0 saturated heterocycles. The summed E-state index contributed by atoms with van der Waals surface area (Å²) in [4.78, 5) is 11.8. The molecular formula is C17H13ClO. The van der Waals surface area contributed by atoms with E-state index in [-0.39, 0.29) is 5.78 Å². The van der Waals surface area contributed by atoms with Crippen molar-refractivity contribution in [2.75, 3.05) is 0 Å². The van der Waals surface area contributed by atoms with Gasteiger partial charge in [0.05, 0.1) is 0 Å². The Hall–Kier alpha value is -2.12. The third-order valence-corrected chi connectivity index (χ3v) is 2.83. The quantitative estimate of drug-likeness (QED) is 0.443. The highest BCUT2D eigenvalue weighted by molar-refractivity contribution is 6.30. The zero-order valence-corrected chi connectivity index (χ0v) is 11.0. The molecular weight excluding hydrogens is 256 g/mol. The van der Waals surface area contributed by atoms with Crippen molar-refractivity contribution in [1.29, 1.82) is 0 Å². The Kier molecular flexibility index (Phi) is 4.71. The number of carbonyl (C=O) groups is 1. The summed E-state index contributed by atoms with van der Waals surface area (Å²) < 4.78 is 0. The highest BCUT2D eigenvalue weighted by Crippen LogP contribution is 2.10. The maximum Gasteiger partial charge on any atom is 0.185 e. The number of hydrogen-bond donors (Lipinski definition) is 0. The lowest BCUT2D eigenvalue weighted by atomic mass is 10.1. The number of ketones is 1. The smallest absolute Gasteiger partial charge is 0.185 e. The normalized spacial score (nSPS) is 11.2. The number of benzene rings is 2. The minimum absolute atomic E-state index is 0.0330. The van der Waals surface area contributed by atoms with Crippen LogP contribution in [0.3, 0.4) is 0 Å². The molecule has 0 N–H and O–H groups in total. The molecule has 0 aliphatic carbocycles. The molecule has 0 bridgehead atoms. The molecule has 94 valence electrons. The molecule has 0 aromatic heterocycles. The number of allylic oxidation sites excluding steroid dienone is 3. The molecule has 0 spiro atoms. The van der Waals surface area contributed by atoms with Crippen LogP contribution in [0.2, 0.25) is 5.02 Å². The lowest BCUT2D eigenvalue weighted by Crippen LogP contribution is -1.92. The third kappa shape index (κ3) is 4.23. The summed E-state index contributed by atoms with van der Waals surface area (Å²) in [6.07, 6.45) is 7.08. The van der Waals surface area contributed by atoms with Gasteiger partial charge in [-0.15, -0.1) is 0 Å². The van der Waals surface area contributed by atoms with E-state index >= 15 is 0 Å². The van der Waals surface area contributed by atoms with Gasteiger partial charge in [0, 0.05) is 10.6 Å². The summed E-state index contributed by atoms with van der Waals surface area (Å²) in [5.74, 6) is -0.0330. The molecule has 1 nitrogen and oxygen atoms in total. The Bertz CT molecular complexity index is 595. The molecule has 0 saturated carbocycles. The van der Waals surface area contributed by atoms with Crippen molar-refractivity contribution in [3.8, 4) is 0 Å². The van der Waals surface area contributed by atoms with Crippen molar-refractivity contribution >= 4 is 23.5 Å². The Balaban J connectivity index is 1.97. The number of carbonyl (C=O) groups excluding carboxylic acids is 1. The van der Waals surface area contributed by atoms with Gasteiger partial charge in [-0.1, -0.05) is 60.2 Å². The second-order valence-corrected chi connectivity index (χ2v) is 4.44. The van der Waals surface area contributed by atoms with Crippen LogP contribution in [-0.2, 0) is 0 Å². The zero-order valence-electron chi connectivity index (χ0n) is 10.3. The number of rotatable bonds is 4. The Labute approximate surface area is 117 Å². The Morgan fingerprint density at radius 3 is 2.26 bits per heavy atom. The molecule has 2 aromatic carbocycles. The first-order chi connectivity index (χ1) is 9.25.